The van der Waals surface area contributed by atoms with E-state index in [-0.39, 0.29) is 23.7 Å². The second kappa shape index (κ2) is 10.0. The van der Waals surface area contributed by atoms with Crippen molar-refractivity contribution in [2.45, 2.75) is 31.8 Å². The molecule has 3 rings (SSSR count). The number of halogens is 2. The van der Waals surface area contributed by atoms with Crippen molar-refractivity contribution < 1.29 is 23.1 Å². The van der Waals surface area contributed by atoms with Gasteiger partial charge in [0, 0.05) is 50.5 Å². The molecule has 2 aromatic carbocycles. The number of carbonyl (C=O) groups is 2. The first-order valence-corrected chi connectivity index (χ1v) is 9.75. The minimum atomic E-state index is -0.721. The van der Waals surface area contributed by atoms with Gasteiger partial charge in [0.1, 0.15) is 11.9 Å². The van der Waals surface area contributed by atoms with Gasteiger partial charge in [0.2, 0.25) is 5.91 Å². The summed E-state index contributed by atoms with van der Waals surface area (Å²) in [5.41, 5.74) is 0.596. The average Bonchev–Trinajstić information content (AvgIpc) is 2.74. The first kappa shape index (κ1) is 20.8. The zero-order valence-electron chi connectivity index (χ0n) is 16.1. The van der Waals surface area contributed by atoms with Crippen LogP contribution in [0, 0.1) is 11.6 Å². The molecule has 0 radical (unpaired) electrons. The van der Waals surface area contributed by atoms with Crippen molar-refractivity contribution in [2.75, 3.05) is 19.6 Å². The Kier molecular flexibility index (Phi) is 7.16. The molecule has 1 saturated heterocycles. The lowest BCUT2D eigenvalue weighted by atomic mass is 10.1. The van der Waals surface area contributed by atoms with Gasteiger partial charge in [-0.2, -0.15) is 0 Å². The lowest BCUT2D eigenvalue weighted by Crippen LogP contribution is -2.42. The van der Waals surface area contributed by atoms with Gasteiger partial charge in [0.05, 0.1) is 0 Å². The summed E-state index contributed by atoms with van der Waals surface area (Å²) in [6, 6.07) is 12.2. The number of hydrogen-bond acceptors (Lipinski definition) is 3. The highest BCUT2D eigenvalue weighted by Crippen LogP contribution is 2.23. The molecule has 1 heterocycles. The maximum atomic E-state index is 13.7. The quantitative estimate of drug-likeness (QED) is 0.721. The molecule has 0 atom stereocenters. The summed E-state index contributed by atoms with van der Waals surface area (Å²) in [5, 5.41) is 2.81. The molecule has 1 fully saturated rings. The number of hydrogen-bond donors (Lipinski definition) is 1. The highest BCUT2D eigenvalue weighted by atomic mass is 19.1. The number of benzene rings is 2. The summed E-state index contributed by atoms with van der Waals surface area (Å²) in [4.78, 5) is 26.1. The van der Waals surface area contributed by atoms with Crippen LogP contribution in [0.5, 0.6) is 5.75 Å². The van der Waals surface area contributed by atoms with Crippen LogP contribution in [0.4, 0.5) is 8.78 Å². The fourth-order valence-corrected chi connectivity index (χ4v) is 3.26. The first-order valence-electron chi connectivity index (χ1n) is 9.75. The second-order valence-corrected chi connectivity index (χ2v) is 7.00. The Labute approximate surface area is 168 Å². The highest BCUT2D eigenvalue weighted by Gasteiger charge is 2.24. The molecule has 29 heavy (non-hydrogen) atoms. The van der Waals surface area contributed by atoms with Crippen LogP contribution in [0.15, 0.2) is 48.5 Å². The highest BCUT2D eigenvalue weighted by molar-refractivity contribution is 5.94. The summed E-state index contributed by atoms with van der Waals surface area (Å²) in [5.74, 6) is -1.45. The number of ether oxygens (including phenoxy) is 1. The van der Waals surface area contributed by atoms with Gasteiger partial charge in [-0.1, -0.05) is 18.2 Å². The maximum Gasteiger partial charge on any atom is 0.251 e. The van der Waals surface area contributed by atoms with E-state index in [1.54, 1.807) is 29.2 Å². The monoisotopic (exact) mass is 402 g/mol. The number of rotatable bonds is 7. The van der Waals surface area contributed by atoms with Gasteiger partial charge in [-0.3, -0.25) is 9.59 Å². The van der Waals surface area contributed by atoms with E-state index in [4.69, 9.17) is 4.74 Å². The molecule has 0 aliphatic carbocycles. The molecule has 0 saturated carbocycles. The fourth-order valence-electron chi connectivity index (χ4n) is 3.26. The van der Waals surface area contributed by atoms with Gasteiger partial charge in [-0.25, -0.2) is 8.78 Å². The molecule has 0 bridgehead atoms. The number of nitrogens with zero attached hydrogens (tertiary/aromatic N) is 1. The molecule has 0 aromatic heterocycles. The molecular formula is C22H24F2N2O3. The van der Waals surface area contributed by atoms with Crippen LogP contribution in [0.25, 0.3) is 0 Å². The van der Waals surface area contributed by atoms with Crippen LogP contribution in [0.1, 0.15) is 36.0 Å². The first-order chi connectivity index (χ1) is 14.0. The fraction of sp³-hybridized carbons (Fsp3) is 0.364. The molecule has 1 aliphatic rings. The molecular weight excluding hydrogens is 378 g/mol. The predicted octanol–water partition coefficient (Wildman–Crippen LogP) is 3.54. The molecule has 0 unspecified atom stereocenters. The molecule has 7 heteroatoms. The van der Waals surface area contributed by atoms with E-state index in [1.807, 2.05) is 6.07 Å². The van der Waals surface area contributed by atoms with Gasteiger partial charge >= 0.3 is 0 Å². The third kappa shape index (κ3) is 6.01. The van der Waals surface area contributed by atoms with Crippen molar-refractivity contribution in [2.24, 2.45) is 0 Å². The van der Waals surface area contributed by atoms with Crippen molar-refractivity contribution in [3.63, 3.8) is 0 Å². The Morgan fingerprint density at radius 1 is 1.07 bits per heavy atom. The Morgan fingerprint density at radius 2 is 1.79 bits per heavy atom. The Morgan fingerprint density at radius 3 is 2.48 bits per heavy atom. The van der Waals surface area contributed by atoms with E-state index < -0.39 is 11.6 Å². The number of nitrogens with one attached hydrogen (secondary N) is 1. The van der Waals surface area contributed by atoms with Gasteiger partial charge in [-0.15, -0.1) is 0 Å². The van der Waals surface area contributed by atoms with Crippen molar-refractivity contribution in [1.29, 1.82) is 0 Å². The number of carbonyl (C=O) groups excluding carboxylic acids is 2. The summed E-state index contributed by atoms with van der Waals surface area (Å²) in [7, 11) is 0. The summed E-state index contributed by atoms with van der Waals surface area (Å²) >= 11 is 0. The van der Waals surface area contributed by atoms with Crippen LogP contribution >= 0.6 is 0 Å². The molecule has 2 aromatic rings. The summed E-state index contributed by atoms with van der Waals surface area (Å²) in [6.45, 7) is 1.49. The normalized spacial score (nSPS) is 14.5. The lowest BCUT2D eigenvalue weighted by Gasteiger charge is -2.32. The number of likely N-dealkylation sites (tertiary alicyclic amines) is 1. The summed E-state index contributed by atoms with van der Waals surface area (Å²) < 4.78 is 32.3. The standard InChI is InChI=1S/C22H24F2N2O3/c23-17-8-9-20(19(24)15-17)29-18-10-13-26(14-11-18)21(27)7-4-12-25-22(28)16-5-2-1-3-6-16/h1-3,5-6,8-9,15,18H,4,7,10-14H2,(H,25,28). The zero-order chi connectivity index (χ0) is 20.6. The second-order valence-electron chi connectivity index (χ2n) is 7.00. The zero-order valence-corrected chi connectivity index (χ0v) is 16.1. The van der Waals surface area contributed by atoms with Crippen molar-refractivity contribution >= 4 is 11.8 Å². The third-order valence-corrected chi connectivity index (χ3v) is 4.87. The SMILES string of the molecule is O=C(NCCCC(=O)N1CCC(Oc2ccc(F)cc2F)CC1)c1ccccc1. The largest absolute Gasteiger partial charge is 0.487 e. The van der Waals surface area contributed by atoms with Crippen LogP contribution < -0.4 is 10.1 Å². The lowest BCUT2D eigenvalue weighted by molar-refractivity contribution is -0.133. The van der Waals surface area contributed by atoms with Gasteiger partial charge in [0.15, 0.2) is 11.6 Å². The van der Waals surface area contributed by atoms with Crippen LogP contribution in [-0.2, 0) is 4.79 Å². The van der Waals surface area contributed by atoms with E-state index in [1.165, 1.54) is 6.07 Å². The smallest absolute Gasteiger partial charge is 0.251 e. The van der Waals surface area contributed by atoms with Crippen molar-refractivity contribution in [3.05, 3.63) is 65.7 Å². The van der Waals surface area contributed by atoms with Gasteiger partial charge in [-0.05, 0) is 30.7 Å². The topological polar surface area (TPSA) is 58.6 Å². The molecule has 1 N–H and O–H groups in total. The van der Waals surface area contributed by atoms with E-state index >= 15 is 0 Å². The minimum Gasteiger partial charge on any atom is -0.487 e. The van der Waals surface area contributed by atoms with Crippen LogP contribution in [-0.4, -0.2) is 42.5 Å². The molecule has 1 aliphatic heterocycles. The van der Waals surface area contributed by atoms with Crippen LogP contribution in [0.3, 0.4) is 0 Å². The van der Waals surface area contributed by atoms with Crippen molar-refractivity contribution in [3.8, 4) is 5.75 Å². The minimum absolute atomic E-state index is 0.0327. The number of amides is 2. The van der Waals surface area contributed by atoms with Crippen LogP contribution in [0.2, 0.25) is 0 Å². The average molecular weight is 402 g/mol. The Bertz CT molecular complexity index is 837. The van der Waals surface area contributed by atoms with Crippen molar-refractivity contribution in [1.82, 2.24) is 10.2 Å². The predicted molar refractivity (Wildman–Crippen MR) is 105 cm³/mol. The van der Waals surface area contributed by atoms with E-state index in [0.29, 0.717) is 50.9 Å². The molecule has 0 spiro atoms. The Hall–Kier alpha value is -2.96. The van der Waals surface area contributed by atoms with E-state index in [0.717, 1.165) is 12.1 Å². The van der Waals surface area contributed by atoms with E-state index in [2.05, 4.69) is 5.32 Å². The third-order valence-electron chi connectivity index (χ3n) is 4.87. The Balaban J connectivity index is 1.35. The molecule has 5 nitrogen and oxygen atoms in total. The van der Waals surface area contributed by atoms with Gasteiger partial charge in [0.25, 0.3) is 5.91 Å². The molecule has 2 amide bonds. The number of piperidine rings is 1. The molecule has 154 valence electrons. The van der Waals surface area contributed by atoms with E-state index in [9.17, 15) is 18.4 Å². The summed E-state index contributed by atoms with van der Waals surface area (Å²) in [6.07, 6.45) is 1.90. The maximum absolute atomic E-state index is 13.7. The van der Waals surface area contributed by atoms with Gasteiger partial charge < -0.3 is 15.0 Å².